The van der Waals surface area contributed by atoms with Crippen LogP contribution in [0.15, 0.2) is 24.3 Å². The van der Waals surface area contributed by atoms with Crippen LogP contribution in [0.2, 0.25) is 0 Å². The molecular weight excluding hydrogens is 266 g/mol. The summed E-state index contributed by atoms with van der Waals surface area (Å²) in [6.45, 7) is 6.74. The quantitative estimate of drug-likeness (QED) is 0.644. The molecule has 0 unspecified atom stereocenters. The minimum absolute atomic E-state index is 0.720. The van der Waals surface area contributed by atoms with E-state index in [4.69, 9.17) is 12.2 Å². The van der Waals surface area contributed by atoms with Crippen LogP contribution >= 0.6 is 12.2 Å². The molecule has 0 saturated carbocycles. The number of hydrogen-bond acceptors (Lipinski definition) is 2. The van der Waals surface area contributed by atoms with Gasteiger partial charge >= 0.3 is 0 Å². The zero-order chi connectivity index (χ0) is 14.2. The maximum absolute atomic E-state index is 5.33. The number of para-hydroxylation sites is 1. The third-order valence-corrected chi connectivity index (χ3v) is 4.03. The minimum Gasteiger partial charge on any atom is -0.362 e. The number of likely N-dealkylation sites (tertiary alicyclic amines) is 1. The second-order valence-corrected chi connectivity index (χ2v) is 5.86. The van der Waals surface area contributed by atoms with E-state index in [1.54, 1.807) is 0 Å². The maximum Gasteiger partial charge on any atom is 0.170 e. The van der Waals surface area contributed by atoms with Crippen molar-refractivity contribution < 1.29 is 0 Å². The number of thiocarbonyl (C=S) groups is 1. The van der Waals surface area contributed by atoms with Crippen molar-refractivity contribution in [2.75, 3.05) is 31.5 Å². The summed E-state index contributed by atoms with van der Waals surface area (Å²) in [6, 6.07) is 8.20. The van der Waals surface area contributed by atoms with E-state index in [0.717, 1.165) is 23.8 Å². The molecule has 0 radical (unpaired) electrons. The van der Waals surface area contributed by atoms with Crippen molar-refractivity contribution in [1.29, 1.82) is 0 Å². The van der Waals surface area contributed by atoms with E-state index in [0.29, 0.717) is 0 Å². The van der Waals surface area contributed by atoms with Crippen molar-refractivity contribution in [3.8, 4) is 0 Å². The molecule has 1 aromatic carbocycles. The molecule has 0 bridgehead atoms. The first kappa shape index (κ1) is 15.3. The lowest BCUT2D eigenvalue weighted by Gasteiger charge is -2.26. The van der Waals surface area contributed by atoms with Crippen LogP contribution in [0.4, 0.5) is 5.69 Å². The van der Waals surface area contributed by atoms with Crippen molar-refractivity contribution in [2.24, 2.45) is 0 Å². The number of piperidine rings is 1. The molecule has 110 valence electrons. The third kappa shape index (κ3) is 5.10. The summed E-state index contributed by atoms with van der Waals surface area (Å²) in [5, 5.41) is 7.27. The number of hydrogen-bond donors (Lipinski definition) is 2. The maximum atomic E-state index is 5.33. The Kier molecular flexibility index (Phi) is 6.27. The van der Waals surface area contributed by atoms with Gasteiger partial charge in [-0.1, -0.05) is 24.6 Å². The summed E-state index contributed by atoms with van der Waals surface area (Å²) in [5.74, 6) is 0. The molecule has 2 N–H and O–H groups in total. The smallest absolute Gasteiger partial charge is 0.170 e. The normalized spacial score (nSPS) is 15.8. The van der Waals surface area contributed by atoms with Crippen LogP contribution in [0.5, 0.6) is 0 Å². The highest BCUT2D eigenvalue weighted by Gasteiger charge is 2.08. The number of anilines is 1. The highest BCUT2D eigenvalue weighted by molar-refractivity contribution is 7.80. The lowest BCUT2D eigenvalue weighted by molar-refractivity contribution is 0.227. The van der Waals surface area contributed by atoms with E-state index < -0.39 is 0 Å². The first-order valence-electron chi connectivity index (χ1n) is 7.58. The Morgan fingerprint density at radius 1 is 1.20 bits per heavy atom. The number of nitrogens with zero attached hydrogens (tertiary/aromatic N) is 1. The summed E-state index contributed by atoms with van der Waals surface area (Å²) in [7, 11) is 0. The van der Waals surface area contributed by atoms with Crippen LogP contribution in [0, 0.1) is 6.92 Å². The number of benzene rings is 1. The van der Waals surface area contributed by atoms with Crippen molar-refractivity contribution in [3.63, 3.8) is 0 Å². The van der Waals surface area contributed by atoms with Gasteiger partial charge in [-0.3, -0.25) is 0 Å². The number of nitrogens with one attached hydrogen (secondary N) is 2. The van der Waals surface area contributed by atoms with Gasteiger partial charge in [0.05, 0.1) is 0 Å². The topological polar surface area (TPSA) is 27.3 Å². The molecule has 2 rings (SSSR count). The van der Waals surface area contributed by atoms with Crippen molar-refractivity contribution in [2.45, 2.75) is 32.6 Å². The lowest BCUT2D eigenvalue weighted by atomic mass is 10.1. The summed E-state index contributed by atoms with van der Waals surface area (Å²) >= 11 is 5.33. The predicted molar refractivity (Wildman–Crippen MR) is 90.3 cm³/mol. The van der Waals surface area contributed by atoms with Crippen LogP contribution in [-0.2, 0) is 0 Å². The van der Waals surface area contributed by atoms with Gasteiger partial charge in [0.15, 0.2) is 5.11 Å². The lowest BCUT2D eigenvalue weighted by Crippen LogP contribution is -2.34. The molecule has 0 aliphatic carbocycles. The van der Waals surface area contributed by atoms with E-state index in [2.05, 4.69) is 34.6 Å². The summed E-state index contributed by atoms with van der Waals surface area (Å²) < 4.78 is 0. The molecule has 0 spiro atoms. The zero-order valence-electron chi connectivity index (χ0n) is 12.3. The Morgan fingerprint density at radius 2 is 1.95 bits per heavy atom. The minimum atomic E-state index is 0.720. The highest BCUT2D eigenvalue weighted by atomic mass is 32.1. The third-order valence-electron chi connectivity index (χ3n) is 3.78. The van der Waals surface area contributed by atoms with Gasteiger partial charge in [-0.15, -0.1) is 0 Å². The standard InChI is InChI=1S/C16H25N3S/c1-14-8-3-4-9-15(14)18-16(20)17-10-7-13-19-11-5-2-6-12-19/h3-4,8-9H,2,5-7,10-13H2,1H3,(H2,17,18,20). The second kappa shape index (κ2) is 8.22. The van der Waals surface area contributed by atoms with E-state index in [1.165, 1.54) is 44.5 Å². The molecule has 1 saturated heterocycles. The van der Waals surface area contributed by atoms with Crippen LogP contribution < -0.4 is 10.6 Å². The highest BCUT2D eigenvalue weighted by Crippen LogP contribution is 2.12. The Balaban J connectivity index is 1.61. The van der Waals surface area contributed by atoms with Crippen LogP contribution in [0.25, 0.3) is 0 Å². The van der Waals surface area contributed by atoms with Gasteiger partial charge in [0, 0.05) is 12.2 Å². The molecule has 0 amide bonds. The largest absolute Gasteiger partial charge is 0.362 e. The summed E-state index contributed by atoms with van der Waals surface area (Å²) in [5.41, 5.74) is 2.30. The SMILES string of the molecule is Cc1ccccc1NC(=S)NCCCN1CCCCC1. The fraction of sp³-hybridized carbons (Fsp3) is 0.562. The van der Waals surface area contributed by atoms with Crippen molar-refractivity contribution >= 4 is 23.0 Å². The Bertz CT molecular complexity index is 427. The predicted octanol–water partition coefficient (Wildman–Crippen LogP) is 3.16. The summed E-state index contributed by atoms with van der Waals surface area (Å²) in [6.07, 6.45) is 5.27. The van der Waals surface area contributed by atoms with Crippen molar-refractivity contribution in [3.05, 3.63) is 29.8 Å². The fourth-order valence-electron chi connectivity index (χ4n) is 2.57. The molecule has 1 fully saturated rings. The first-order chi connectivity index (χ1) is 9.75. The molecule has 1 aliphatic heterocycles. The number of aryl methyl sites for hydroxylation is 1. The first-order valence-corrected chi connectivity index (χ1v) is 7.99. The van der Waals surface area contributed by atoms with Gasteiger partial charge in [0.2, 0.25) is 0 Å². The van der Waals surface area contributed by atoms with Gasteiger partial charge in [-0.25, -0.2) is 0 Å². The van der Waals surface area contributed by atoms with Gasteiger partial charge in [0.1, 0.15) is 0 Å². The Morgan fingerprint density at radius 3 is 2.70 bits per heavy atom. The fourth-order valence-corrected chi connectivity index (χ4v) is 2.78. The summed E-state index contributed by atoms with van der Waals surface area (Å²) in [4.78, 5) is 2.56. The van der Waals surface area contributed by atoms with E-state index >= 15 is 0 Å². The molecule has 3 nitrogen and oxygen atoms in total. The second-order valence-electron chi connectivity index (χ2n) is 5.45. The molecule has 20 heavy (non-hydrogen) atoms. The molecule has 0 atom stereocenters. The van der Waals surface area contributed by atoms with Crippen LogP contribution in [-0.4, -0.2) is 36.2 Å². The molecule has 0 aromatic heterocycles. The van der Waals surface area contributed by atoms with Gasteiger partial charge in [-0.05, 0) is 69.7 Å². The molecule has 4 heteroatoms. The Hall–Kier alpha value is -1.13. The molecule has 1 heterocycles. The average molecular weight is 291 g/mol. The van der Waals surface area contributed by atoms with Gasteiger partial charge in [0.25, 0.3) is 0 Å². The monoisotopic (exact) mass is 291 g/mol. The van der Waals surface area contributed by atoms with Crippen LogP contribution in [0.1, 0.15) is 31.2 Å². The van der Waals surface area contributed by atoms with Gasteiger partial charge < -0.3 is 15.5 Å². The van der Waals surface area contributed by atoms with E-state index in [1.807, 2.05) is 12.1 Å². The zero-order valence-corrected chi connectivity index (χ0v) is 13.1. The molecule has 1 aromatic rings. The number of rotatable bonds is 5. The molecule has 1 aliphatic rings. The molecular formula is C16H25N3S. The average Bonchev–Trinajstić information content (AvgIpc) is 2.47. The van der Waals surface area contributed by atoms with Crippen molar-refractivity contribution in [1.82, 2.24) is 10.2 Å². The van der Waals surface area contributed by atoms with E-state index in [-0.39, 0.29) is 0 Å². The van der Waals surface area contributed by atoms with Gasteiger partial charge in [-0.2, -0.15) is 0 Å². The van der Waals surface area contributed by atoms with E-state index in [9.17, 15) is 0 Å². The Labute approximate surface area is 127 Å². The van der Waals surface area contributed by atoms with Crippen LogP contribution in [0.3, 0.4) is 0 Å².